The van der Waals surface area contributed by atoms with Gasteiger partial charge in [-0.1, -0.05) is 170 Å². The zero-order valence-electron chi connectivity index (χ0n) is 37.8. The molecule has 0 radical (unpaired) electrons. The van der Waals surface area contributed by atoms with Crippen molar-refractivity contribution in [2.45, 2.75) is 19.3 Å². The highest BCUT2D eigenvalue weighted by Gasteiger charge is 2.29. The lowest BCUT2D eigenvalue weighted by molar-refractivity contribution is 1.23. The van der Waals surface area contributed by atoms with Gasteiger partial charge in [0.15, 0.2) is 0 Å². The summed E-state index contributed by atoms with van der Waals surface area (Å²) in [4.78, 5) is 15.1. The fraction of sp³-hybridized carbons (Fsp3) is 0.0455. The summed E-state index contributed by atoms with van der Waals surface area (Å²) in [5, 5.41) is 0. The Morgan fingerprint density at radius 2 is 0.493 bits per heavy atom. The summed E-state index contributed by atoms with van der Waals surface area (Å²) in [7, 11) is 0. The first-order valence-electron chi connectivity index (χ1n) is 24.0. The molecule has 3 heteroatoms. The molecule has 0 bridgehead atoms. The van der Waals surface area contributed by atoms with Crippen molar-refractivity contribution in [3.8, 4) is 112 Å². The van der Waals surface area contributed by atoms with Crippen LogP contribution in [0.25, 0.3) is 112 Å². The molecule has 0 fully saturated rings. The maximum atomic E-state index is 5.07. The molecule has 69 heavy (non-hydrogen) atoms. The second-order valence-corrected chi connectivity index (χ2v) is 18.6. The Morgan fingerprint density at radius 3 is 0.870 bits per heavy atom. The Hall–Kier alpha value is -8.79. The Labute approximate surface area is 402 Å². The summed E-state index contributed by atoms with van der Waals surface area (Å²) in [6, 6.07) is 75.3. The third-order valence-electron chi connectivity index (χ3n) is 14.9. The maximum Gasteiger partial charge on any atom is 0.0746 e. The summed E-state index contributed by atoms with van der Waals surface area (Å²) < 4.78 is 0. The van der Waals surface area contributed by atoms with Gasteiger partial charge in [0, 0.05) is 54.5 Å². The number of rotatable bonds is 7. The van der Waals surface area contributed by atoms with Gasteiger partial charge in [0.25, 0.3) is 0 Å². The molecule has 3 aliphatic rings. The second kappa shape index (κ2) is 15.9. The summed E-state index contributed by atoms with van der Waals surface area (Å²) in [6.45, 7) is 0. The topological polar surface area (TPSA) is 38.7 Å². The maximum absolute atomic E-state index is 5.07. The number of pyridine rings is 3. The van der Waals surface area contributed by atoms with Gasteiger partial charge in [0.2, 0.25) is 0 Å². The van der Waals surface area contributed by atoms with Crippen LogP contribution in [0.2, 0.25) is 0 Å². The van der Waals surface area contributed by atoms with Gasteiger partial charge in [0.05, 0.1) is 17.1 Å². The predicted molar refractivity (Wildman–Crippen MR) is 283 cm³/mol. The molecule has 0 unspecified atom stereocenters. The minimum absolute atomic E-state index is 0.822. The van der Waals surface area contributed by atoms with Gasteiger partial charge in [-0.05, 0) is 148 Å². The summed E-state index contributed by atoms with van der Waals surface area (Å²) in [5.74, 6) is 0. The summed E-state index contributed by atoms with van der Waals surface area (Å²) in [5.41, 5.74) is 31.9. The molecule has 3 nitrogen and oxygen atoms in total. The first kappa shape index (κ1) is 39.4. The van der Waals surface area contributed by atoms with E-state index < -0.39 is 0 Å². The van der Waals surface area contributed by atoms with Crippen LogP contribution in [0.3, 0.4) is 0 Å². The number of nitrogens with zero attached hydrogens (tertiary/aromatic N) is 3. The summed E-state index contributed by atoms with van der Waals surface area (Å²) in [6.07, 6.45) is 8.47. The SMILES string of the molecule is c1ccc(-c2cccc3c2Cc2c(-c4ccc(-c5cc(-c6ccnc7c6Cc6c(-c8ccccc8)cccc6-7)cc(-c6ccnc7c6Cc6c(-c8ccccc8)cccc6-7)c5)cc4)ccnc2-3)cc1. The molecule has 0 N–H and O–H groups in total. The van der Waals surface area contributed by atoms with Crippen molar-refractivity contribution >= 4 is 0 Å². The van der Waals surface area contributed by atoms with E-state index in [1.807, 2.05) is 18.6 Å². The Kier molecular flexibility index (Phi) is 9.09. The van der Waals surface area contributed by atoms with Crippen LogP contribution in [-0.2, 0) is 19.3 Å². The van der Waals surface area contributed by atoms with Gasteiger partial charge in [-0.2, -0.15) is 0 Å². The minimum atomic E-state index is 0.822. The molecule has 14 rings (SSSR count). The van der Waals surface area contributed by atoms with Gasteiger partial charge in [-0.3, -0.25) is 15.0 Å². The molecule has 8 aromatic carbocycles. The highest BCUT2D eigenvalue weighted by atomic mass is 14.7. The van der Waals surface area contributed by atoms with Crippen molar-refractivity contribution in [2.24, 2.45) is 0 Å². The lowest BCUT2D eigenvalue weighted by Crippen LogP contribution is -1.95. The number of benzene rings is 8. The quantitative estimate of drug-likeness (QED) is 0.160. The highest BCUT2D eigenvalue weighted by Crippen LogP contribution is 2.49. The van der Waals surface area contributed by atoms with Crippen LogP contribution in [0.5, 0.6) is 0 Å². The van der Waals surface area contributed by atoms with Gasteiger partial charge in [-0.15, -0.1) is 0 Å². The molecule has 0 saturated heterocycles. The van der Waals surface area contributed by atoms with E-state index in [1.54, 1.807) is 0 Å². The van der Waals surface area contributed by atoms with Crippen LogP contribution in [0, 0.1) is 0 Å². The number of aromatic nitrogens is 3. The standard InChI is InChI=1S/C66H43N3/c1-4-13-42(14-5-1)49-19-10-22-55-58(49)38-61-52(29-32-67-64(55)61)45-27-25-41(26-28-45)46-35-47(53-30-33-68-65-56-23-11-20-50(59(56)39-62(53)65)43-15-6-2-7-16-43)37-48(36-46)54-31-34-69-66-57-24-12-21-51(60(57)40-63(54)66)44-17-8-3-9-18-44/h1-37H,38-40H2. The summed E-state index contributed by atoms with van der Waals surface area (Å²) >= 11 is 0. The molecule has 0 spiro atoms. The van der Waals surface area contributed by atoms with Gasteiger partial charge >= 0.3 is 0 Å². The van der Waals surface area contributed by atoms with E-state index >= 15 is 0 Å². The lowest BCUT2D eigenvalue weighted by Gasteiger charge is -2.16. The monoisotopic (exact) mass is 877 g/mol. The second-order valence-electron chi connectivity index (χ2n) is 18.6. The first-order valence-corrected chi connectivity index (χ1v) is 24.0. The van der Waals surface area contributed by atoms with E-state index in [9.17, 15) is 0 Å². The molecule has 11 aromatic rings. The number of hydrogen-bond acceptors (Lipinski definition) is 3. The molecule has 322 valence electrons. The fourth-order valence-corrected chi connectivity index (χ4v) is 11.7. The smallest absolute Gasteiger partial charge is 0.0746 e. The molecule has 3 heterocycles. The molecule has 3 aromatic heterocycles. The van der Waals surface area contributed by atoms with Gasteiger partial charge in [-0.25, -0.2) is 0 Å². The van der Waals surface area contributed by atoms with Crippen molar-refractivity contribution in [1.29, 1.82) is 0 Å². The molecule has 0 saturated carbocycles. The van der Waals surface area contributed by atoms with Crippen molar-refractivity contribution in [3.63, 3.8) is 0 Å². The molecule has 3 aliphatic carbocycles. The minimum Gasteiger partial charge on any atom is -0.256 e. The van der Waals surface area contributed by atoms with Crippen molar-refractivity contribution in [2.75, 3.05) is 0 Å². The zero-order valence-corrected chi connectivity index (χ0v) is 37.8. The van der Waals surface area contributed by atoms with E-state index in [1.165, 1.54) is 128 Å². The van der Waals surface area contributed by atoms with Crippen molar-refractivity contribution < 1.29 is 0 Å². The third-order valence-corrected chi connectivity index (χ3v) is 14.9. The molecule has 0 aliphatic heterocycles. The number of fused-ring (bicyclic) bond motifs is 9. The fourth-order valence-electron chi connectivity index (χ4n) is 11.7. The normalized spacial score (nSPS) is 12.5. The molecule has 0 amide bonds. The molecular weight excluding hydrogens is 835 g/mol. The average molecular weight is 878 g/mol. The predicted octanol–water partition coefficient (Wildman–Crippen LogP) is 16.3. The van der Waals surface area contributed by atoms with Crippen molar-refractivity contribution in [1.82, 2.24) is 15.0 Å². The van der Waals surface area contributed by atoms with E-state index in [0.29, 0.717) is 0 Å². The van der Waals surface area contributed by atoms with E-state index in [-0.39, 0.29) is 0 Å². The molecular formula is C66H43N3. The van der Waals surface area contributed by atoms with Crippen LogP contribution in [0.15, 0.2) is 225 Å². The first-order chi connectivity index (χ1) is 34.2. The largest absolute Gasteiger partial charge is 0.256 e. The Balaban J connectivity index is 0.888. The van der Waals surface area contributed by atoms with E-state index in [0.717, 1.165) is 36.3 Å². The lowest BCUT2D eigenvalue weighted by atomic mass is 9.89. The average Bonchev–Trinajstić information content (AvgIpc) is 4.13. The van der Waals surface area contributed by atoms with Crippen LogP contribution >= 0.6 is 0 Å². The van der Waals surface area contributed by atoms with Gasteiger partial charge < -0.3 is 0 Å². The van der Waals surface area contributed by atoms with Crippen LogP contribution in [0.4, 0.5) is 0 Å². The Bertz CT molecular complexity index is 3680. The van der Waals surface area contributed by atoms with E-state index in [2.05, 4.69) is 206 Å². The number of hydrogen-bond donors (Lipinski definition) is 0. The Morgan fingerprint density at radius 1 is 0.203 bits per heavy atom. The van der Waals surface area contributed by atoms with Crippen LogP contribution in [0.1, 0.15) is 33.4 Å². The third kappa shape index (κ3) is 6.46. The highest BCUT2D eigenvalue weighted by molar-refractivity contribution is 5.93. The van der Waals surface area contributed by atoms with Gasteiger partial charge in [0.1, 0.15) is 0 Å². The van der Waals surface area contributed by atoms with E-state index in [4.69, 9.17) is 15.0 Å². The van der Waals surface area contributed by atoms with Crippen LogP contribution < -0.4 is 0 Å². The van der Waals surface area contributed by atoms with Crippen LogP contribution in [-0.4, -0.2) is 15.0 Å². The zero-order chi connectivity index (χ0) is 45.4. The molecule has 0 atom stereocenters. The van der Waals surface area contributed by atoms with Crippen molar-refractivity contribution in [3.05, 3.63) is 258 Å².